The lowest BCUT2D eigenvalue weighted by atomic mass is 9.89. The van der Waals surface area contributed by atoms with Gasteiger partial charge in [-0.1, -0.05) is 11.6 Å². The fraction of sp³-hybridized carbons (Fsp3) is 0.188. The van der Waals surface area contributed by atoms with Crippen LogP contribution in [0.2, 0.25) is 5.02 Å². The van der Waals surface area contributed by atoms with Gasteiger partial charge < -0.3 is 9.73 Å². The van der Waals surface area contributed by atoms with Gasteiger partial charge in [0.05, 0.1) is 6.26 Å². The van der Waals surface area contributed by atoms with Gasteiger partial charge in [0.25, 0.3) is 0 Å². The molecule has 0 radical (unpaired) electrons. The molecule has 1 N–H and O–H groups in total. The van der Waals surface area contributed by atoms with Crippen LogP contribution in [0.4, 0.5) is 5.69 Å². The van der Waals surface area contributed by atoms with Crippen molar-refractivity contribution in [2.24, 2.45) is 0 Å². The van der Waals surface area contributed by atoms with Crippen molar-refractivity contribution >= 4 is 23.1 Å². The molecule has 1 aliphatic carbocycles. The summed E-state index contributed by atoms with van der Waals surface area (Å²) in [5.74, 6) is 1.09. The molecule has 4 heteroatoms. The zero-order valence-corrected chi connectivity index (χ0v) is 11.6. The Balaban J connectivity index is 1.76. The summed E-state index contributed by atoms with van der Waals surface area (Å²) >= 11 is 5.86. The van der Waals surface area contributed by atoms with Crippen LogP contribution in [0.3, 0.4) is 0 Å². The Morgan fingerprint density at radius 3 is 2.65 bits per heavy atom. The summed E-state index contributed by atoms with van der Waals surface area (Å²) in [5, 5.41) is 3.96. The molecular formula is C16H14ClNO2. The average Bonchev–Trinajstić information content (AvgIpc) is 2.95. The van der Waals surface area contributed by atoms with E-state index >= 15 is 0 Å². The van der Waals surface area contributed by atoms with Crippen LogP contribution < -0.4 is 5.32 Å². The standard InChI is InChI=1S/C16H14ClNO2/c17-12-3-5-13(6-4-12)18-14-8-11(9-15(19)10-14)16-2-1-7-20-16/h1-7,10-11,18H,8-9H2/t11-/m1/s1. The second-order valence-corrected chi connectivity index (χ2v) is 5.32. The summed E-state index contributed by atoms with van der Waals surface area (Å²) in [6.07, 6.45) is 4.58. The highest BCUT2D eigenvalue weighted by Crippen LogP contribution is 2.32. The molecule has 1 aromatic carbocycles. The Hall–Kier alpha value is -2.00. The molecule has 3 rings (SSSR count). The van der Waals surface area contributed by atoms with Crippen molar-refractivity contribution in [3.05, 3.63) is 65.2 Å². The topological polar surface area (TPSA) is 42.2 Å². The van der Waals surface area contributed by atoms with Gasteiger partial charge in [0.1, 0.15) is 5.76 Å². The third kappa shape index (κ3) is 2.94. The molecule has 102 valence electrons. The molecule has 20 heavy (non-hydrogen) atoms. The third-order valence-corrected chi connectivity index (χ3v) is 3.60. The van der Waals surface area contributed by atoms with Gasteiger partial charge in [-0.2, -0.15) is 0 Å². The van der Waals surface area contributed by atoms with E-state index in [0.29, 0.717) is 11.4 Å². The van der Waals surface area contributed by atoms with Crippen LogP contribution in [0, 0.1) is 0 Å². The second-order valence-electron chi connectivity index (χ2n) is 4.89. The van der Waals surface area contributed by atoms with Crippen LogP contribution in [0.1, 0.15) is 24.5 Å². The first-order chi connectivity index (χ1) is 9.70. The number of hydrogen-bond donors (Lipinski definition) is 1. The molecule has 0 spiro atoms. The van der Waals surface area contributed by atoms with E-state index in [1.165, 1.54) is 0 Å². The molecule has 0 saturated carbocycles. The van der Waals surface area contributed by atoms with E-state index in [0.717, 1.165) is 23.6 Å². The van der Waals surface area contributed by atoms with Crippen LogP contribution in [0.15, 0.2) is 58.9 Å². The molecule has 1 atom stereocenters. The van der Waals surface area contributed by atoms with Crippen molar-refractivity contribution in [2.75, 3.05) is 5.32 Å². The molecule has 3 nitrogen and oxygen atoms in total. The number of benzene rings is 1. The Kier molecular flexibility index (Phi) is 3.61. The Bertz CT molecular complexity index is 629. The largest absolute Gasteiger partial charge is 0.469 e. The molecule has 0 amide bonds. The molecule has 0 bridgehead atoms. The van der Waals surface area contributed by atoms with Crippen LogP contribution >= 0.6 is 11.6 Å². The fourth-order valence-electron chi connectivity index (χ4n) is 2.42. The van der Waals surface area contributed by atoms with Gasteiger partial charge in [-0.15, -0.1) is 0 Å². The predicted molar refractivity (Wildman–Crippen MR) is 78.8 cm³/mol. The van der Waals surface area contributed by atoms with E-state index in [1.54, 1.807) is 12.3 Å². The number of anilines is 1. The van der Waals surface area contributed by atoms with Gasteiger partial charge in [-0.05, 0) is 42.8 Å². The molecule has 1 aliphatic rings. The number of hydrogen-bond acceptors (Lipinski definition) is 3. The van der Waals surface area contributed by atoms with Crippen molar-refractivity contribution < 1.29 is 9.21 Å². The minimum Gasteiger partial charge on any atom is -0.469 e. The minimum absolute atomic E-state index is 0.109. The van der Waals surface area contributed by atoms with E-state index in [4.69, 9.17) is 16.0 Å². The minimum atomic E-state index is 0.109. The van der Waals surface area contributed by atoms with Gasteiger partial charge in [-0.3, -0.25) is 4.79 Å². The van der Waals surface area contributed by atoms with Crippen molar-refractivity contribution in [1.82, 2.24) is 0 Å². The number of carbonyl (C=O) groups is 1. The van der Waals surface area contributed by atoms with E-state index in [-0.39, 0.29) is 11.7 Å². The van der Waals surface area contributed by atoms with Gasteiger partial charge in [-0.25, -0.2) is 0 Å². The highest BCUT2D eigenvalue weighted by molar-refractivity contribution is 6.30. The first kappa shape index (κ1) is 13.0. The maximum Gasteiger partial charge on any atom is 0.158 e. The van der Waals surface area contributed by atoms with Gasteiger partial charge in [0.2, 0.25) is 0 Å². The molecule has 1 heterocycles. The average molecular weight is 288 g/mol. The SMILES string of the molecule is O=C1C=C(Nc2ccc(Cl)cc2)C[C@@H](c2ccco2)C1. The van der Waals surface area contributed by atoms with Crippen LogP contribution in [0.25, 0.3) is 0 Å². The van der Waals surface area contributed by atoms with Gasteiger partial charge >= 0.3 is 0 Å². The third-order valence-electron chi connectivity index (χ3n) is 3.34. The number of halogens is 1. The number of carbonyl (C=O) groups excluding carboxylic acids is 1. The quantitative estimate of drug-likeness (QED) is 0.911. The Morgan fingerprint density at radius 1 is 1.15 bits per heavy atom. The molecule has 0 saturated heterocycles. The summed E-state index contributed by atoms with van der Waals surface area (Å²) in [6.45, 7) is 0. The zero-order valence-electron chi connectivity index (χ0n) is 10.8. The van der Waals surface area contributed by atoms with Crippen molar-refractivity contribution in [3.63, 3.8) is 0 Å². The summed E-state index contributed by atoms with van der Waals surface area (Å²) in [7, 11) is 0. The van der Waals surface area contributed by atoms with E-state index < -0.39 is 0 Å². The molecule has 2 aromatic rings. The lowest BCUT2D eigenvalue weighted by Crippen LogP contribution is -2.16. The van der Waals surface area contributed by atoms with Gasteiger partial charge in [0.15, 0.2) is 5.78 Å². The summed E-state index contributed by atoms with van der Waals surface area (Å²) in [6, 6.07) is 11.2. The number of allylic oxidation sites excluding steroid dienone is 2. The van der Waals surface area contributed by atoms with Gasteiger partial charge in [0, 0.05) is 34.8 Å². The highest BCUT2D eigenvalue weighted by atomic mass is 35.5. The monoisotopic (exact) mass is 287 g/mol. The van der Waals surface area contributed by atoms with Crippen LogP contribution in [-0.4, -0.2) is 5.78 Å². The fourth-order valence-corrected chi connectivity index (χ4v) is 2.55. The number of furan rings is 1. The lowest BCUT2D eigenvalue weighted by Gasteiger charge is -2.21. The molecule has 0 unspecified atom stereocenters. The first-order valence-electron chi connectivity index (χ1n) is 6.50. The number of rotatable bonds is 3. The predicted octanol–water partition coefficient (Wildman–Crippen LogP) is 4.38. The summed E-state index contributed by atoms with van der Waals surface area (Å²) in [5.41, 5.74) is 1.83. The van der Waals surface area contributed by atoms with E-state index in [9.17, 15) is 4.79 Å². The summed E-state index contributed by atoms with van der Waals surface area (Å²) < 4.78 is 5.41. The molecule has 0 aliphatic heterocycles. The number of ketones is 1. The molecule has 0 fully saturated rings. The molecular weight excluding hydrogens is 274 g/mol. The second kappa shape index (κ2) is 5.55. The smallest absolute Gasteiger partial charge is 0.158 e. The van der Waals surface area contributed by atoms with Crippen molar-refractivity contribution in [2.45, 2.75) is 18.8 Å². The normalized spacial score (nSPS) is 18.8. The molecule has 1 aromatic heterocycles. The lowest BCUT2D eigenvalue weighted by molar-refractivity contribution is -0.115. The first-order valence-corrected chi connectivity index (χ1v) is 6.88. The maximum absolute atomic E-state index is 11.8. The maximum atomic E-state index is 11.8. The number of nitrogens with one attached hydrogen (secondary N) is 1. The van der Waals surface area contributed by atoms with E-state index in [1.807, 2.05) is 36.4 Å². The van der Waals surface area contributed by atoms with Crippen molar-refractivity contribution in [1.29, 1.82) is 0 Å². The highest BCUT2D eigenvalue weighted by Gasteiger charge is 2.24. The van der Waals surface area contributed by atoms with E-state index in [2.05, 4.69) is 5.32 Å². The van der Waals surface area contributed by atoms with Crippen LogP contribution in [0.5, 0.6) is 0 Å². The van der Waals surface area contributed by atoms with Crippen LogP contribution in [-0.2, 0) is 4.79 Å². The summed E-state index contributed by atoms with van der Waals surface area (Å²) in [4.78, 5) is 11.8. The van der Waals surface area contributed by atoms with Crippen molar-refractivity contribution in [3.8, 4) is 0 Å². The Morgan fingerprint density at radius 2 is 1.95 bits per heavy atom. The zero-order chi connectivity index (χ0) is 13.9. The Labute approximate surface area is 122 Å².